The Morgan fingerprint density at radius 3 is 2.62 bits per heavy atom. The first-order chi connectivity index (χ1) is 10.1. The summed E-state index contributed by atoms with van der Waals surface area (Å²) in [5.41, 5.74) is 0.639. The van der Waals surface area contributed by atoms with Gasteiger partial charge >= 0.3 is 0 Å². The second-order valence-electron chi connectivity index (χ2n) is 4.39. The molecule has 21 heavy (non-hydrogen) atoms. The molecule has 0 fully saturated rings. The summed E-state index contributed by atoms with van der Waals surface area (Å²) >= 11 is 0. The first kappa shape index (κ1) is 15.0. The molecule has 1 aromatic heterocycles. The fraction of sp³-hybridized carbons (Fsp3) is 0.267. The van der Waals surface area contributed by atoms with Crippen molar-refractivity contribution in [3.8, 4) is 5.75 Å². The van der Waals surface area contributed by atoms with Gasteiger partial charge in [-0.2, -0.15) is 0 Å². The maximum Gasteiger partial charge on any atom is 0.171 e. The molecule has 112 valence electrons. The second kappa shape index (κ2) is 6.39. The molecular weight excluding hydrogens is 276 g/mol. The van der Waals surface area contributed by atoms with Crippen molar-refractivity contribution in [3.63, 3.8) is 0 Å². The van der Waals surface area contributed by atoms with Crippen LogP contribution in [0.2, 0.25) is 0 Å². The standard InChI is InChI=1S/C15H17F2N3O/c1-4-18-14-10(16)9-11(17)15(19-14)20(2)12-7-5-6-8-13(12)21-3/h5-9H,4H2,1-3H3,(H,18,19). The Morgan fingerprint density at radius 1 is 1.24 bits per heavy atom. The van der Waals surface area contributed by atoms with Gasteiger partial charge in [-0.25, -0.2) is 13.8 Å². The summed E-state index contributed by atoms with van der Waals surface area (Å²) in [6.45, 7) is 2.31. The molecule has 0 spiro atoms. The lowest BCUT2D eigenvalue weighted by atomic mass is 10.2. The zero-order valence-corrected chi connectivity index (χ0v) is 12.2. The number of halogens is 2. The average molecular weight is 293 g/mol. The Balaban J connectivity index is 2.47. The first-order valence-corrected chi connectivity index (χ1v) is 6.55. The van der Waals surface area contributed by atoms with E-state index < -0.39 is 11.6 Å². The third kappa shape index (κ3) is 3.04. The normalized spacial score (nSPS) is 10.3. The van der Waals surface area contributed by atoms with Crippen LogP contribution in [-0.2, 0) is 0 Å². The molecule has 0 aliphatic carbocycles. The smallest absolute Gasteiger partial charge is 0.171 e. The van der Waals surface area contributed by atoms with Gasteiger partial charge in [-0.15, -0.1) is 0 Å². The molecule has 0 saturated carbocycles. The highest BCUT2D eigenvalue weighted by atomic mass is 19.1. The van der Waals surface area contributed by atoms with E-state index in [0.717, 1.165) is 6.07 Å². The summed E-state index contributed by atoms with van der Waals surface area (Å²) in [4.78, 5) is 5.54. The predicted octanol–water partition coefficient (Wildman–Crippen LogP) is 3.57. The Morgan fingerprint density at radius 2 is 1.95 bits per heavy atom. The number of methoxy groups -OCH3 is 1. The van der Waals surface area contributed by atoms with Gasteiger partial charge in [0.2, 0.25) is 0 Å². The lowest BCUT2D eigenvalue weighted by Crippen LogP contribution is -2.16. The molecule has 0 amide bonds. The number of hydrogen-bond acceptors (Lipinski definition) is 4. The average Bonchev–Trinajstić information content (AvgIpc) is 2.49. The van der Waals surface area contributed by atoms with Crippen molar-refractivity contribution in [1.82, 2.24) is 4.98 Å². The van der Waals surface area contributed by atoms with Crippen LogP contribution < -0.4 is 15.0 Å². The fourth-order valence-electron chi connectivity index (χ4n) is 2.00. The summed E-state index contributed by atoms with van der Waals surface area (Å²) in [5, 5.41) is 2.77. The largest absolute Gasteiger partial charge is 0.495 e. The predicted molar refractivity (Wildman–Crippen MR) is 79.4 cm³/mol. The Hall–Kier alpha value is -2.37. The first-order valence-electron chi connectivity index (χ1n) is 6.55. The maximum absolute atomic E-state index is 14.0. The van der Waals surface area contributed by atoms with Crippen LogP contribution in [0.3, 0.4) is 0 Å². The van der Waals surface area contributed by atoms with Crippen LogP contribution in [-0.4, -0.2) is 25.7 Å². The van der Waals surface area contributed by atoms with Crippen LogP contribution in [0.1, 0.15) is 6.92 Å². The summed E-state index contributed by atoms with van der Waals surface area (Å²) in [6, 6.07) is 7.98. The third-order valence-corrected chi connectivity index (χ3v) is 3.02. The lowest BCUT2D eigenvalue weighted by molar-refractivity contribution is 0.415. The van der Waals surface area contributed by atoms with Gasteiger partial charge in [0.05, 0.1) is 12.8 Å². The molecule has 2 rings (SSSR count). The van der Waals surface area contributed by atoms with Crippen molar-refractivity contribution < 1.29 is 13.5 Å². The number of benzene rings is 1. The number of hydrogen-bond donors (Lipinski definition) is 1. The maximum atomic E-state index is 14.0. The number of nitrogens with one attached hydrogen (secondary N) is 1. The van der Waals surface area contributed by atoms with Crippen LogP contribution in [0.15, 0.2) is 30.3 Å². The number of ether oxygens (including phenoxy) is 1. The highest BCUT2D eigenvalue weighted by molar-refractivity contribution is 5.67. The van der Waals surface area contributed by atoms with Crippen molar-refractivity contribution in [2.75, 3.05) is 30.9 Å². The minimum atomic E-state index is -0.734. The van der Waals surface area contributed by atoms with Gasteiger partial charge in [-0.3, -0.25) is 0 Å². The van der Waals surface area contributed by atoms with Crippen molar-refractivity contribution in [3.05, 3.63) is 42.0 Å². The van der Waals surface area contributed by atoms with Gasteiger partial charge in [0.15, 0.2) is 23.3 Å². The van der Waals surface area contributed by atoms with Crippen molar-refractivity contribution in [2.24, 2.45) is 0 Å². The van der Waals surface area contributed by atoms with Gasteiger partial charge in [0.25, 0.3) is 0 Å². The molecule has 6 heteroatoms. The molecule has 0 bridgehead atoms. The minimum Gasteiger partial charge on any atom is -0.495 e. The number of rotatable bonds is 5. The van der Waals surface area contributed by atoms with Gasteiger partial charge in [0.1, 0.15) is 5.75 Å². The quantitative estimate of drug-likeness (QED) is 0.914. The van der Waals surface area contributed by atoms with Gasteiger partial charge in [-0.05, 0) is 19.1 Å². The molecule has 0 radical (unpaired) electrons. The fourth-order valence-corrected chi connectivity index (χ4v) is 2.00. The molecule has 1 aromatic carbocycles. The van der Waals surface area contributed by atoms with Crippen molar-refractivity contribution in [1.29, 1.82) is 0 Å². The van der Waals surface area contributed by atoms with Crippen LogP contribution in [0, 0.1) is 11.6 Å². The lowest BCUT2D eigenvalue weighted by Gasteiger charge is -2.22. The minimum absolute atomic E-state index is 0.0237. The van der Waals surface area contributed by atoms with E-state index in [1.54, 1.807) is 25.2 Å². The molecule has 0 aliphatic heterocycles. The highest BCUT2D eigenvalue weighted by Crippen LogP contribution is 2.33. The summed E-state index contributed by atoms with van der Waals surface area (Å²) in [7, 11) is 3.18. The zero-order valence-electron chi connectivity index (χ0n) is 12.2. The monoisotopic (exact) mass is 293 g/mol. The number of para-hydroxylation sites is 2. The van der Waals surface area contributed by atoms with Crippen LogP contribution in [0.4, 0.5) is 26.1 Å². The summed E-state index contributed by atoms with van der Waals surface area (Å²) in [5.74, 6) is -0.822. The molecule has 2 aromatic rings. The molecule has 0 unspecified atom stereocenters. The molecule has 1 N–H and O–H groups in total. The van der Waals surface area contributed by atoms with Crippen LogP contribution in [0.5, 0.6) is 5.75 Å². The molecule has 0 saturated heterocycles. The summed E-state index contributed by atoms with van der Waals surface area (Å²) in [6.07, 6.45) is 0. The van der Waals surface area contributed by atoms with Crippen LogP contribution >= 0.6 is 0 Å². The van der Waals surface area contributed by atoms with E-state index in [0.29, 0.717) is 18.0 Å². The number of anilines is 3. The molecule has 4 nitrogen and oxygen atoms in total. The topological polar surface area (TPSA) is 37.4 Å². The summed E-state index contributed by atoms with van der Waals surface area (Å²) < 4.78 is 32.9. The molecular formula is C15H17F2N3O. The van der Waals surface area contributed by atoms with Crippen molar-refractivity contribution >= 4 is 17.3 Å². The number of nitrogens with zero attached hydrogens (tertiary/aromatic N) is 2. The molecule has 0 atom stereocenters. The Labute approximate surface area is 122 Å². The Bertz CT molecular complexity index is 634. The van der Waals surface area contributed by atoms with E-state index in [1.165, 1.54) is 12.0 Å². The van der Waals surface area contributed by atoms with E-state index in [-0.39, 0.29) is 11.6 Å². The second-order valence-corrected chi connectivity index (χ2v) is 4.39. The van der Waals surface area contributed by atoms with E-state index in [1.807, 2.05) is 13.0 Å². The zero-order chi connectivity index (χ0) is 15.4. The van der Waals surface area contributed by atoms with Gasteiger partial charge in [-0.1, -0.05) is 12.1 Å². The van der Waals surface area contributed by atoms with Crippen molar-refractivity contribution in [2.45, 2.75) is 6.92 Å². The van der Waals surface area contributed by atoms with E-state index in [2.05, 4.69) is 10.3 Å². The molecule has 1 heterocycles. The number of pyridine rings is 1. The Kier molecular flexibility index (Phi) is 4.57. The van der Waals surface area contributed by atoms with E-state index >= 15 is 0 Å². The number of aromatic nitrogens is 1. The SMILES string of the molecule is CCNc1nc(N(C)c2ccccc2OC)c(F)cc1F. The van der Waals surface area contributed by atoms with E-state index in [4.69, 9.17) is 4.74 Å². The third-order valence-electron chi connectivity index (χ3n) is 3.02. The van der Waals surface area contributed by atoms with Gasteiger partial charge < -0.3 is 15.0 Å². The van der Waals surface area contributed by atoms with Crippen LogP contribution in [0.25, 0.3) is 0 Å². The molecule has 0 aliphatic rings. The van der Waals surface area contributed by atoms with E-state index in [9.17, 15) is 8.78 Å². The highest BCUT2D eigenvalue weighted by Gasteiger charge is 2.18. The van der Waals surface area contributed by atoms with Gasteiger partial charge in [0, 0.05) is 19.7 Å².